The van der Waals surface area contributed by atoms with Crippen LogP contribution >= 0.6 is 23.1 Å². The highest BCUT2D eigenvalue weighted by atomic mass is 32.2. The molecule has 0 aliphatic rings. The first kappa shape index (κ1) is 21.6. The number of halogens is 6. The summed E-state index contributed by atoms with van der Waals surface area (Å²) in [7, 11) is 0. The second kappa shape index (κ2) is 8.71. The Morgan fingerprint density at radius 3 is 2.21 bits per heavy atom. The molecule has 0 aliphatic carbocycles. The lowest BCUT2D eigenvalue weighted by molar-refractivity contribution is -0.163. The summed E-state index contributed by atoms with van der Waals surface area (Å²) in [5, 5.41) is 3.88. The largest absolute Gasteiger partial charge is 0.492 e. The van der Waals surface area contributed by atoms with Gasteiger partial charge in [-0.3, -0.25) is 0 Å². The van der Waals surface area contributed by atoms with Crippen LogP contribution in [0.3, 0.4) is 0 Å². The lowest BCUT2D eigenvalue weighted by Gasteiger charge is -2.19. The van der Waals surface area contributed by atoms with Crippen LogP contribution in [0.5, 0.6) is 5.75 Å². The van der Waals surface area contributed by atoms with Crippen molar-refractivity contribution in [3.05, 3.63) is 76.0 Å². The molecular weight excluding hydrogens is 434 g/mol. The number of benzene rings is 2. The van der Waals surface area contributed by atoms with E-state index in [2.05, 4.69) is 0 Å². The van der Waals surface area contributed by atoms with Gasteiger partial charge in [0.25, 0.3) is 0 Å². The summed E-state index contributed by atoms with van der Waals surface area (Å²) in [6, 6.07) is 10.7. The lowest BCUT2D eigenvalue weighted by atomic mass is 10.1. The molecule has 0 saturated carbocycles. The monoisotopic (exact) mass is 448 g/mol. The Hall–Kier alpha value is -2.13. The van der Waals surface area contributed by atoms with Crippen LogP contribution in [0.15, 0.2) is 69.1 Å². The van der Waals surface area contributed by atoms with Gasteiger partial charge in [0.2, 0.25) is 0 Å². The standard InChI is InChI=1S/C20H14F6OS2/c21-19(22,23)14-4-3-7-17(18(14)20(24,25)26)29-16-6-2-1-5-15(16)27-10-8-13-9-11-28-12-13/h1-7,9,11-12H,8,10H2. The van der Waals surface area contributed by atoms with Crippen molar-refractivity contribution in [3.63, 3.8) is 0 Å². The van der Waals surface area contributed by atoms with E-state index in [0.717, 1.165) is 17.7 Å². The molecule has 3 aromatic rings. The Bertz CT molecular complexity index is 948. The van der Waals surface area contributed by atoms with E-state index in [1.54, 1.807) is 18.2 Å². The van der Waals surface area contributed by atoms with Gasteiger partial charge in [-0.1, -0.05) is 30.0 Å². The average Bonchev–Trinajstić information content (AvgIpc) is 3.15. The first-order valence-electron chi connectivity index (χ1n) is 8.34. The van der Waals surface area contributed by atoms with Gasteiger partial charge in [-0.25, -0.2) is 0 Å². The van der Waals surface area contributed by atoms with Crippen molar-refractivity contribution in [1.82, 2.24) is 0 Å². The quantitative estimate of drug-likeness (QED) is 0.360. The Morgan fingerprint density at radius 2 is 1.55 bits per heavy atom. The Morgan fingerprint density at radius 1 is 0.828 bits per heavy atom. The number of para-hydroxylation sites is 1. The molecule has 1 nitrogen and oxygen atoms in total. The van der Waals surface area contributed by atoms with E-state index < -0.39 is 28.4 Å². The van der Waals surface area contributed by atoms with Crippen molar-refractivity contribution in [2.45, 2.75) is 28.6 Å². The maximum absolute atomic E-state index is 13.5. The minimum Gasteiger partial charge on any atom is -0.492 e. The summed E-state index contributed by atoms with van der Waals surface area (Å²) in [6.07, 6.45) is -9.65. The topological polar surface area (TPSA) is 9.23 Å². The molecule has 0 radical (unpaired) electrons. The lowest BCUT2D eigenvalue weighted by Crippen LogP contribution is -2.17. The first-order valence-corrected chi connectivity index (χ1v) is 10.1. The second-order valence-electron chi connectivity index (χ2n) is 5.95. The van der Waals surface area contributed by atoms with Crippen molar-refractivity contribution < 1.29 is 31.1 Å². The van der Waals surface area contributed by atoms with Crippen LogP contribution in [0.2, 0.25) is 0 Å². The average molecular weight is 448 g/mol. The fourth-order valence-corrected chi connectivity index (χ4v) is 4.42. The van der Waals surface area contributed by atoms with Crippen LogP contribution in [-0.4, -0.2) is 6.61 Å². The molecule has 29 heavy (non-hydrogen) atoms. The molecule has 0 spiro atoms. The van der Waals surface area contributed by atoms with Gasteiger partial charge in [0.15, 0.2) is 0 Å². The fourth-order valence-electron chi connectivity index (χ4n) is 2.63. The van der Waals surface area contributed by atoms with E-state index in [-0.39, 0.29) is 0 Å². The van der Waals surface area contributed by atoms with E-state index in [0.29, 0.717) is 41.5 Å². The second-order valence-corrected chi connectivity index (χ2v) is 7.82. The zero-order valence-corrected chi connectivity index (χ0v) is 16.3. The maximum atomic E-state index is 13.5. The predicted molar refractivity (Wildman–Crippen MR) is 101 cm³/mol. The number of hydrogen-bond donors (Lipinski definition) is 0. The van der Waals surface area contributed by atoms with Crippen LogP contribution in [0.4, 0.5) is 26.3 Å². The van der Waals surface area contributed by atoms with E-state index in [4.69, 9.17) is 4.74 Å². The number of rotatable bonds is 6. The van der Waals surface area contributed by atoms with Crippen LogP contribution < -0.4 is 4.74 Å². The summed E-state index contributed by atoms with van der Waals surface area (Å²) in [4.78, 5) is -0.219. The minimum absolute atomic E-state index is 0.295. The third-order valence-corrected chi connectivity index (χ3v) is 5.76. The highest BCUT2D eigenvalue weighted by Gasteiger charge is 2.44. The predicted octanol–water partition coefficient (Wildman–Crippen LogP) is 7.56. The van der Waals surface area contributed by atoms with Crippen LogP contribution in [0, 0.1) is 0 Å². The van der Waals surface area contributed by atoms with Gasteiger partial charge >= 0.3 is 12.4 Å². The summed E-state index contributed by atoms with van der Waals surface area (Å²) >= 11 is 2.14. The van der Waals surface area contributed by atoms with E-state index >= 15 is 0 Å². The molecule has 0 saturated heterocycles. The SMILES string of the molecule is FC(F)(F)c1cccc(Sc2ccccc2OCCc2ccsc2)c1C(F)(F)F. The molecule has 0 fully saturated rings. The third-order valence-electron chi connectivity index (χ3n) is 3.91. The van der Waals surface area contributed by atoms with Gasteiger partial charge < -0.3 is 4.74 Å². The Labute approximate surface area is 171 Å². The van der Waals surface area contributed by atoms with Crippen molar-refractivity contribution in [2.75, 3.05) is 6.61 Å². The third kappa shape index (κ3) is 5.48. The van der Waals surface area contributed by atoms with Gasteiger partial charge in [0.1, 0.15) is 5.75 Å². The number of hydrogen-bond acceptors (Lipinski definition) is 3. The molecule has 1 heterocycles. The van der Waals surface area contributed by atoms with E-state index in [1.807, 2.05) is 16.8 Å². The molecule has 1 aromatic heterocycles. The summed E-state index contributed by atoms with van der Waals surface area (Å²) < 4.78 is 85.5. The van der Waals surface area contributed by atoms with Gasteiger partial charge in [0.05, 0.1) is 22.6 Å². The molecule has 0 aliphatic heterocycles. The van der Waals surface area contributed by atoms with E-state index in [9.17, 15) is 26.3 Å². The molecule has 0 bridgehead atoms. The molecule has 154 valence electrons. The molecule has 9 heteroatoms. The number of alkyl halides is 6. The maximum Gasteiger partial charge on any atom is 0.418 e. The molecule has 0 N–H and O–H groups in total. The van der Waals surface area contributed by atoms with Gasteiger partial charge in [0, 0.05) is 11.3 Å². The number of thiophene rings is 1. The smallest absolute Gasteiger partial charge is 0.418 e. The molecule has 3 rings (SSSR count). The zero-order valence-electron chi connectivity index (χ0n) is 14.7. The highest BCUT2D eigenvalue weighted by molar-refractivity contribution is 7.99. The summed E-state index contributed by atoms with van der Waals surface area (Å²) in [5.74, 6) is 0.318. The van der Waals surface area contributed by atoms with Crippen molar-refractivity contribution >= 4 is 23.1 Å². The van der Waals surface area contributed by atoms with E-state index in [1.165, 1.54) is 17.4 Å². The highest BCUT2D eigenvalue weighted by Crippen LogP contribution is 2.47. The van der Waals surface area contributed by atoms with Crippen LogP contribution in [0.25, 0.3) is 0 Å². The number of ether oxygens (including phenoxy) is 1. The normalized spacial score (nSPS) is 12.2. The summed E-state index contributed by atoms with van der Waals surface area (Å²) in [5.41, 5.74) is -2.33. The van der Waals surface area contributed by atoms with Gasteiger partial charge in [-0.15, -0.1) is 0 Å². The molecule has 0 unspecified atom stereocenters. The van der Waals surface area contributed by atoms with Gasteiger partial charge in [-0.05, 0) is 46.7 Å². The molecule has 0 atom stereocenters. The van der Waals surface area contributed by atoms with Crippen LogP contribution in [-0.2, 0) is 18.8 Å². The molecular formula is C20H14F6OS2. The van der Waals surface area contributed by atoms with Crippen LogP contribution in [0.1, 0.15) is 16.7 Å². The molecule has 2 aromatic carbocycles. The Kier molecular flexibility index (Phi) is 6.48. The van der Waals surface area contributed by atoms with Crippen molar-refractivity contribution in [3.8, 4) is 5.75 Å². The van der Waals surface area contributed by atoms with Crippen molar-refractivity contribution in [1.29, 1.82) is 0 Å². The van der Waals surface area contributed by atoms with Crippen molar-refractivity contribution in [2.24, 2.45) is 0 Å². The molecule has 0 amide bonds. The fraction of sp³-hybridized carbons (Fsp3) is 0.200. The Balaban J connectivity index is 1.88. The van der Waals surface area contributed by atoms with Gasteiger partial charge in [-0.2, -0.15) is 37.7 Å². The minimum atomic E-state index is -5.15. The summed E-state index contributed by atoms with van der Waals surface area (Å²) in [6.45, 7) is 0.295. The first-order chi connectivity index (χ1) is 13.7. The zero-order chi connectivity index (χ0) is 21.1.